The van der Waals surface area contributed by atoms with E-state index < -0.39 is 34.9 Å². The molecule has 1 N–H and O–H groups in total. The second kappa shape index (κ2) is 8.13. The number of hydrogen-bond donors (Lipinski definition) is 1. The molecule has 4 rings (SSSR count). The first-order valence-corrected chi connectivity index (χ1v) is 9.71. The number of nitro groups is 1. The van der Waals surface area contributed by atoms with Gasteiger partial charge in [0.25, 0.3) is 11.7 Å². The molecular weight excluding hydrogens is 408 g/mol. The number of fused-ring (bicyclic) bond motifs is 1. The van der Waals surface area contributed by atoms with Gasteiger partial charge in [0, 0.05) is 30.7 Å². The van der Waals surface area contributed by atoms with Crippen LogP contribution in [-0.4, -0.2) is 36.3 Å². The van der Waals surface area contributed by atoms with Crippen LogP contribution in [0.1, 0.15) is 36.0 Å². The fraction of sp³-hybridized carbons (Fsp3) is 0.333. The maximum Gasteiger partial charge on any atom is 0.338 e. The van der Waals surface area contributed by atoms with Crippen molar-refractivity contribution in [3.05, 3.63) is 52.1 Å². The number of hydrogen-bond acceptors (Lipinski definition) is 8. The van der Waals surface area contributed by atoms with Gasteiger partial charge in [0.2, 0.25) is 0 Å². The Morgan fingerprint density at radius 1 is 1.13 bits per heavy atom. The molecule has 2 aliphatic rings. The Bertz CT molecular complexity index is 1050. The molecule has 162 valence electrons. The molecule has 31 heavy (non-hydrogen) atoms. The Hall–Kier alpha value is -3.82. The van der Waals surface area contributed by atoms with Crippen molar-refractivity contribution in [1.82, 2.24) is 0 Å². The van der Waals surface area contributed by atoms with Gasteiger partial charge in [-0.25, -0.2) is 4.79 Å². The molecule has 1 fully saturated rings. The molecule has 0 saturated heterocycles. The molecule has 1 aliphatic carbocycles. The monoisotopic (exact) mass is 428 g/mol. The van der Waals surface area contributed by atoms with Crippen LogP contribution in [0, 0.1) is 10.1 Å². The van der Waals surface area contributed by atoms with Gasteiger partial charge in [-0.2, -0.15) is 0 Å². The number of nitro benzene ring substituents is 1. The van der Waals surface area contributed by atoms with Crippen LogP contribution in [0.15, 0.2) is 36.4 Å². The number of nitrogens with one attached hydrogen (secondary N) is 1. The van der Waals surface area contributed by atoms with Crippen LogP contribution in [0.5, 0.6) is 17.2 Å². The van der Waals surface area contributed by atoms with Crippen molar-refractivity contribution in [3.8, 4) is 17.2 Å². The average Bonchev–Trinajstić information content (AvgIpc) is 3.36. The number of amides is 1. The van der Waals surface area contributed by atoms with Crippen molar-refractivity contribution in [2.24, 2.45) is 0 Å². The SMILES string of the molecule is COC(=O)c1ccc(OCC(=O)Nc2ccc3c(c2)OC2(CCCC2)O3)c([N+](=O)[O-])c1. The zero-order valence-electron chi connectivity index (χ0n) is 16.7. The Kier molecular flexibility index (Phi) is 5.37. The third kappa shape index (κ3) is 4.23. The number of carbonyl (C=O) groups excluding carboxylic acids is 2. The van der Waals surface area contributed by atoms with Crippen LogP contribution in [-0.2, 0) is 9.53 Å². The van der Waals surface area contributed by atoms with E-state index >= 15 is 0 Å². The fourth-order valence-electron chi connectivity index (χ4n) is 3.66. The topological polar surface area (TPSA) is 126 Å². The third-order valence-electron chi connectivity index (χ3n) is 5.12. The number of esters is 1. The average molecular weight is 428 g/mol. The summed E-state index contributed by atoms with van der Waals surface area (Å²) in [5.41, 5.74) is 0.0496. The minimum atomic E-state index is -0.713. The van der Waals surface area contributed by atoms with Crippen LogP contribution in [0.2, 0.25) is 0 Å². The van der Waals surface area contributed by atoms with Gasteiger partial charge in [-0.15, -0.1) is 0 Å². The summed E-state index contributed by atoms with van der Waals surface area (Å²) < 4.78 is 21.8. The van der Waals surface area contributed by atoms with E-state index in [-0.39, 0.29) is 11.3 Å². The molecule has 2 aromatic rings. The van der Waals surface area contributed by atoms with Gasteiger partial charge in [0.05, 0.1) is 17.6 Å². The third-order valence-corrected chi connectivity index (χ3v) is 5.12. The van der Waals surface area contributed by atoms with Crippen LogP contribution >= 0.6 is 0 Å². The molecule has 0 aromatic heterocycles. The van der Waals surface area contributed by atoms with Gasteiger partial charge in [0.15, 0.2) is 23.9 Å². The molecule has 10 heteroatoms. The Balaban J connectivity index is 1.39. The van der Waals surface area contributed by atoms with E-state index in [4.69, 9.17) is 14.2 Å². The van der Waals surface area contributed by atoms with Crippen LogP contribution in [0.4, 0.5) is 11.4 Å². The van der Waals surface area contributed by atoms with E-state index in [0.29, 0.717) is 17.2 Å². The van der Waals surface area contributed by atoms with Gasteiger partial charge >= 0.3 is 11.7 Å². The molecular formula is C21H20N2O8. The van der Waals surface area contributed by atoms with Gasteiger partial charge in [-0.3, -0.25) is 14.9 Å². The Morgan fingerprint density at radius 3 is 2.58 bits per heavy atom. The summed E-state index contributed by atoms with van der Waals surface area (Å²) in [7, 11) is 1.17. The molecule has 0 radical (unpaired) electrons. The highest BCUT2D eigenvalue weighted by Crippen LogP contribution is 2.47. The Morgan fingerprint density at radius 2 is 1.87 bits per heavy atom. The minimum absolute atomic E-state index is 0.00592. The first kappa shape index (κ1) is 20.5. The molecule has 1 heterocycles. The second-order valence-electron chi connectivity index (χ2n) is 7.25. The van der Waals surface area contributed by atoms with Crippen molar-refractivity contribution in [2.45, 2.75) is 31.5 Å². The maximum absolute atomic E-state index is 12.3. The smallest absolute Gasteiger partial charge is 0.338 e. The highest BCUT2D eigenvalue weighted by atomic mass is 16.7. The lowest BCUT2D eigenvalue weighted by molar-refractivity contribution is -0.385. The predicted molar refractivity (Wildman–Crippen MR) is 107 cm³/mol. The van der Waals surface area contributed by atoms with E-state index in [1.165, 1.54) is 19.2 Å². The fourth-order valence-corrected chi connectivity index (χ4v) is 3.66. The molecule has 0 unspecified atom stereocenters. The lowest BCUT2D eigenvalue weighted by atomic mass is 10.2. The molecule has 0 bridgehead atoms. The number of benzene rings is 2. The highest BCUT2D eigenvalue weighted by Gasteiger charge is 2.44. The molecule has 10 nitrogen and oxygen atoms in total. The second-order valence-corrected chi connectivity index (χ2v) is 7.25. The lowest BCUT2D eigenvalue weighted by Crippen LogP contribution is -2.34. The summed E-state index contributed by atoms with van der Waals surface area (Å²) >= 11 is 0. The van der Waals surface area contributed by atoms with E-state index in [0.717, 1.165) is 31.7 Å². The quantitative estimate of drug-likeness (QED) is 0.421. The van der Waals surface area contributed by atoms with Crippen molar-refractivity contribution >= 4 is 23.3 Å². The van der Waals surface area contributed by atoms with Crippen molar-refractivity contribution < 1.29 is 33.5 Å². The standard InChI is InChI=1S/C21H20N2O8/c1-28-20(25)13-4-6-16(15(10-13)23(26)27)29-12-19(24)22-14-5-7-17-18(11-14)31-21(30-17)8-2-3-9-21/h4-7,10-11H,2-3,8-9,12H2,1H3,(H,22,24). The summed E-state index contributed by atoms with van der Waals surface area (Å²) in [6.45, 7) is -0.462. The summed E-state index contributed by atoms with van der Waals surface area (Å²) in [6.07, 6.45) is 3.73. The first-order chi connectivity index (χ1) is 14.9. The molecule has 1 saturated carbocycles. The molecule has 2 aromatic carbocycles. The van der Waals surface area contributed by atoms with E-state index in [1.54, 1.807) is 18.2 Å². The molecule has 1 spiro atoms. The predicted octanol–water partition coefficient (Wildman–Crippen LogP) is 3.44. The minimum Gasteiger partial charge on any atom is -0.477 e. The van der Waals surface area contributed by atoms with Crippen LogP contribution in [0.25, 0.3) is 0 Å². The zero-order chi connectivity index (χ0) is 22.0. The summed E-state index contributed by atoms with van der Waals surface area (Å²) in [6, 6.07) is 8.70. The van der Waals surface area contributed by atoms with Crippen LogP contribution < -0.4 is 19.5 Å². The normalized spacial score (nSPS) is 15.5. The van der Waals surface area contributed by atoms with Gasteiger partial charge in [-0.05, 0) is 37.1 Å². The molecule has 1 aliphatic heterocycles. The summed E-state index contributed by atoms with van der Waals surface area (Å²) in [4.78, 5) is 34.4. The highest BCUT2D eigenvalue weighted by molar-refractivity contribution is 5.92. The van der Waals surface area contributed by atoms with Crippen molar-refractivity contribution in [1.29, 1.82) is 0 Å². The first-order valence-electron chi connectivity index (χ1n) is 9.71. The zero-order valence-corrected chi connectivity index (χ0v) is 16.7. The van der Waals surface area contributed by atoms with E-state index in [2.05, 4.69) is 10.1 Å². The number of methoxy groups -OCH3 is 1. The van der Waals surface area contributed by atoms with Crippen LogP contribution in [0.3, 0.4) is 0 Å². The molecule has 1 amide bonds. The summed E-state index contributed by atoms with van der Waals surface area (Å²) in [5.74, 6) is -0.757. The van der Waals surface area contributed by atoms with E-state index in [1.807, 2.05) is 0 Å². The lowest BCUT2D eigenvalue weighted by Gasteiger charge is -2.21. The number of carbonyl (C=O) groups is 2. The van der Waals surface area contributed by atoms with Crippen molar-refractivity contribution in [2.75, 3.05) is 19.0 Å². The summed E-state index contributed by atoms with van der Waals surface area (Å²) in [5, 5.41) is 13.9. The van der Waals surface area contributed by atoms with Gasteiger partial charge in [-0.1, -0.05) is 0 Å². The number of anilines is 1. The van der Waals surface area contributed by atoms with Gasteiger partial charge in [0.1, 0.15) is 0 Å². The maximum atomic E-state index is 12.3. The van der Waals surface area contributed by atoms with E-state index in [9.17, 15) is 19.7 Å². The number of ether oxygens (including phenoxy) is 4. The van der Waals surface area contributed by atoms with Gasteiger partial charge < -0.3 is 24.3 Å². The number of rotatable bonds is 6. The largest absolute Gasteiger partial charge is 0.477 e. The molecule has 0 atom stereocenters. The van der Waals surface area contributed by atoms with Crippen molar-refractivity contribution in [3.63, 3.8) is 0 Å². The number of nitrogens with zero attached hydrogens (tertiary/aromatic N) is 1. The Labute approximate surface area is 177 Å².